The number of allylic oxidation sites excluding steroid dienone is 4. The normalized spacial score (nSPS) is 13.5. The molecule has 0 aromatic heterocycles. The fourth-order valence-corrected chi connectivity index (χ4v) is 3.80. The Morgan fingerprint density at radius 2 is 1.52 bits per heavy atom. The van der Waals surface area contributed by atoms with Crippen molar-refractivity contribution in [2.24, 2.45) is 0 Å². The summed E-state index contributed by atoms with van der Waals surface area (Å²) in [6, 6.07) is 17.7. The molecule has 0 spiro atoms. The van der Waals surface area contributed by atoms with Crippen LogP contribution in [0.3, 0.4) is 0 Å². The molecule has 4 rings (SSSR count). The summed E-state index contributed by atoms with van der Waals surface area (Å²) in [6.45, 7) is 4.32. The van der Waals surface area contributed by atoms with Gasteiger partial charge in [0.05, 0.1) is 0 Å². The Morgan fingerprint density at radius 3 is 1.88 bits per heavy atom. The Balaban J connectivity index is 0.000000336. The average Bonchev–Trinajstić information content (AvgIpc) is 3.15. The summed E-state index contributed by atoms with van der Waals surface area (Å²) in [7, 11) is 0. The molecule has 0 atom stereocenters. The molecule has 0 nitrogen and oxygen atoms in total. The molecule has 2 aliphatic rings. The van der Waals surface area contributed by atoms with Gasteiger partial charge >= 0.3 is 117 Å². The molecule has 0 aliphatic heterocycles. The third-order valence-corrected chi connectivity index (χ3v) is 4.84. The molecule has 0 N–H and O–H groups in total. The van der Waals surface area contributed by atoms with Crippen LogP contribution in [0.15, 0.2) is 66.3 Å². The molecule has 0 heterocycles. The quantitative estimate of drug-likeness (QED) is 0.552. The molecule has 0 radical (unpaired) electrons. The van der Waals surface area contributed by atoms with Crippen molar-refractivity contribution in [3.8, 4) is 11.1 Å². The topological polar surface area (TPSA) is 0 Å². The molecule has 0 saturated carbocycles. The van der Waals surface area contributed by atoms with Crippen LogP contribution in [0.1, 0.15) is 43.7 Å². The van der Waals surface area contributed by atoms with E-state index in [1.165, 1.54) is 34.2 Å². The molecular formula is C22H21Cl2Zr-. The first-order chi connectivity index (χ1) is 11.2. The largest absolute Gasteiger partial charge is 1.00 e. The van der Waals surface area contributed by atoms with Crippen molar-refractivity contribution in [2.45, 2.75) is 32.6 Å². The second kappa shape index (κ2) is 10.4. The average molecular weight is 448 g/mol. The predicted octanol–water partition coefficient (Wildman–Crippen LogP) is -0.368. The minimum absolute atomic E-state index is 0. The molecule has 128 valence electrons. The second-order valence-electron chi connectivity index (χ2n) is 6.18. The first-order valence-corrected chi connectivity index (χ1v) is 9.36. The molecule has 0 amide bonds. The smallest absolute Gasteiger partial charge is 1.00 e. The molecule has 0 bridgehead atoms. The van der Waals surface area contributed by atoms with Crippen molar-refractivity contribution in [3.63, 3.8) is 0 Å². The van der Waals surface area contributed by atoms with Gasteiger partial charge in [0.1, 0.15) is 0 Å². The van der Waals surface area contributed by atoms with E-state index in [1.54, 1.807) is 27.4 Å². The fourth-order valence-electron chi connectivity index (χ4n) is 3.30. The summed E-state index contributed by atoms with van der Waals surface area (Å²) < 4.78 is 1.59. The van der Waals surface area contributed by atoms with Gasteiger partial charge in [-0.1, -0.05) is 6.92 Å². The fraction of sp³-hybridized carbons (Fsp3) is 0.227. The van der Waals surface area contributed by atoms with E-state index >= 15 is 0 Å². The van der Waals surface area contributed by atoms with E-state index in [9.17, 15) is 0 Å². The Labute approximate surface area is 178 Å². The maximum Gasteiger partial charge on any atom is -1.00 e. The van der Waals surface area contributed by atoms with Crippen LogP contribution in [0.25, 0.3) is 11.1 Å². The Morgan fingerprint density at radius 1 is 1.00 bits per heavy atom. The van der Waals surface area contributed by atoms with E-state index in [2.05, 4.69) is 80.6 Å². The SMILES string of the molecule is CC1=[C-]CC=C1.C[C](=[Zr+2])CC1c2ccccc2-c2ccccc21.[Cl-].[Cl-]. The van der Waals surface area contributed by atoms with Crippen LogP contribution in [0.5, 0.6) is 0 Å². The van der Waals surface area contributed by atoms with E-state index in [0.717, 1.165) is 6.42 Å². The summed E-state index contributed by atoms with van der Waals surface area (Å²) in [5.74, 6) is 0.585. The summed E-state index contributed by atoms with van der Waals surface area (Å²) in [5.41, 5.74) is 7.16. The van der Waals surface area contributed by atoms with Crippen LogP contribution < -0.4 is 24.8 Å². The molecule has 2 aliphatic carbocycles. The molecule has 25 heavy (non-hydrogen) atoms. The van der Waals surface area contributed by atoms with Crippen LogP contribution in [0.2, 0.25) is 0 Å². The Bertz CT molecular complexity index is 742. The van der Waals surface area contributed by atoms with Crippen LogP contribution >= 0.6 is 0 Å². The van der Waals surface area contributed by atoms with Crippen LogP contribution in [0, 0.1) is 6.08 Å². The summed E-state index contributed by atoms with van der Waals surface area (Å²) in [6.07, 6.45) is 9.54. The van der Waals surface area contributed by atoms with E-state index in [4.69, 9.17) is 0 Å². The van der Waals surface area contributed by atoms with Gasteiger partial charge in [0, 0.05) is 0 Å². The van der Waals surface area contributed by atoms with Crippen LogP contribution in [-0.2, 0) is 24.2 Å². The van der Waals surface area contributed by atoms with Crippen molar-refractivity contribution in [1.82, 2.24) is 0 Å². The zero-order valence-corrected chi connectivity index (χ0v) is 18.5. The van der Waals surface area contributed by atoms with Gasteiger partial charge in [0.15, 0.2) is 0 Å². The summed E-state index contributed by atoms with van der Waals surface area (Å²) >= 11 is 1.56. The number of fused-ring (bicyclic) bond motifs is 3. The Kier molecular flexibility index (Phi) is 9.29. The summed E-state index contributed by atoms with van der Waals surface area (Å²) in [4.78, 5) is 0. The van der Waals surface area contributed by atoms with Crippen molar-refractivity contribution in [1.29, 1.82) is 0 Å². The molecule has 2 aromatic rings. The van der Waals surface area contributed by atoms with Gasteiger partial charge in [-0.05, 0) is 0 Å². The number of hydrogen-bond donors (Lipinski definition) is 0. The molecule has 0 saturated heterocycles. The predicted molar refractivity (Wildman–Crippen MR) is 95.2 cm³/mol. The second-order valence-corrected chi connectivity index (χ2v) is 8.28. The van der Waals surface area contributed by atoms with Crippen LogP contribution in [-0.4, -0.2) is 3.21 Å². The van der Waals surface area contributed by atoms with Gasteiger partial charge in [-0.2, -0.15) is 6.08 Å². The standard InChI is InChI=1S/C16H14.C6H7.2ClH.Zr/c1-2-7-12-13-8-3-5-10-15(13)16-11-6-4-9-14(12)16;1-6-4-2-3-5-6;;;/h3-6,8-12H,7H2,1H3;2,4H,3H2,1H3;2*1H;/q;-1;;;+2/p-2. The van der Waals surface area contributed by atoms with Crippen molar-refractivity contribution < 1.29 is 49.0 Å². The van der Waals surface area contributed by atoms with E-state index in [1.807, 2.05) is 0 Å². The number of halogens is 2. The first-order valence-electron chi connectivity index (χ1n) is 8.13. The molecule has 3 heteroatoms. The van der Waals surface area contributed by atoms with Crippen LogP contribution in [0.4, 0.5) is 0 Å². The van der Waals surface area contributed by atoms with Crippen molar-refractivity contribution in [3.05, 3.63) is 83.5 Å². The van der Waals surface area contributed by atoms with Gasteiger partial charge in [-0.25, -0.2) is 11.6 Å². The number of hydrogen-bond acceptors (Lipinski definition) is 0. The molecule has 2 aromatic carbocycles. The number of benzene rings is 2. The minimum atomic E-state index is 0. The van der Waals surface area contributed by atoms with Gasteiger partial charge < -0.3 is 24.8 Å². The summed E-state index contributed by atoms with van der Waals surface area (Å²) in [5, 5.41) is 0. The zero-order chi connectivity index (χ0) is 16.2. The monoisotopic (exact) mass is 445 g/mol. The maximum atomic E-state index is 3.12. The van der Waals surface area contributed by atoms with Gasteiger partial charge in [-0.3, -0.25) is 6.08 Å². The zero-order valence-electron chi connectivity index (χ0n) is 14.5. The van der Waals surface area contributed by atoms with Gasteiger partial charge in [-0.15, -0.1) is 6.42 Å². The molecule has 0 unspecified atom stereocenters. The number of rotatable bonds is 2. The van der Waals surface area contributed by atoms with Gasteiger partial charge in [0.25, 0.3) is 0 Å². The van der Waals surface area contributed by atoms with E-state index in [0.29, 0.717) is 5.92 Å². The third-order valence-electron chi connectivity index (χ3n) is 4.34. The van der Waals surface area contributed by atoms with Gasteiger partial charge in [0.2, 0.25) is 0 Å². The van der Waals surface area contributed by atoms with E-state index < -0.39 is 0 Å². The molecular weight excluding hydrogens is 426 g/mol. The minimum Gasteiger partial charge on any atom is -1.00 e. The Hall–Kier alpha value is -0.747. The van der Waals surface area contributed by atoms with Crippen molar-refractivity contribution in [2.75, 3.05) is 0 Å². The van der Waals surface area contributed by atoms with E-state index in [-0.39, 0.29) is 24.8 Å². The molecule has 0 fully saturated rings. The first kappa shape index (κ1) is 22.3. The van der Waals surface area contributed by atoms with Crippen molar-refractivity contribution >= 4 is 3.21 Å². The maximum absolute atomic E-state index is 3.12. The third kappa shape index (κ3) is 5.36.